The molecular formula is C23H28N2O3S. The lowest BCUT2D eigenvalue weighted by molar-refractivity contribution is -0.148. The van der Waals surface area contributed by atoms with Gasteiger partial charge in [0, 0.05) is 31.6 Å². The Balaban J connectivity index is 1.53. The monoisotopic (exact) mass is 412 g/mol. The second kappa shape index (κ2) is 8.67. The van der Waals surface area contributed by atoms with Crippen molar-refractivity contribution in [3.63, 3.8) is 0 Å². The third-order valence-electron chi connectivity index (χ3n) is 6.10. The fourth-order valence-electron chi connectivity index (χ4n) is 4.59. The molecule has 6 heteroatoms. The van der Waals surface area contributed by atoms with Gasteiger partial charge < -0.3 is 15.0 Å². The van der Waals surface area contributed by atoms with E-state index < -0.39 is 5.41 Å². The summed E-state index contributed by atoms with van der Waals surface area (Å²) in [7, 11) is 1.69. The lowest BCUT2D eigenvalue weighted by Crippen LogP contribution is -2.55. The number of hydrogen-bond acceptors (Lipinski definition) is 4. The first kappa shape index (κ1) is 20.1. The van der Waals surface area contributed by atoms with E-state index in [2.05, 4.69) is 47.1 Å². The average Bonchev–Trinajstić information content (AvgIpc) is 3.47. The predicted molar refractivity (Wildman–Crippen MR) is 115 cm³/mol. The van der Waals surface area contributed by atoms with Gasteiger partial charge in [0.1, 0.15) is 6.10 Å². The predicted octanol–water partition coefficient (Wildman–Crippen LogP) is 3.49. The quantitative estimate of drug-likeness (QED) is 0.818. The smallest absolute Gasteiger partial charge is 0.251 e. The number of rotatable bonds is 5. The van der Waals surface area contributed by atoms with Crippen LogP contribution >= 0.6 is 11.3 Å². The number of carbonyl (C=O) groups excluding carboxylic acids is 2. The molecule has 4 rings (SSSR count). The number of ether oxygens (including phenoxy) is 1. The molecule has 0 saturated carbocycles. The molecule has 0 aliphatic carbocycles. The fraction of sp³-hybridized carbons (Fsp3) is 0.478. The number of amides is 2. The van der Waals surface area contributed by atoms with Crippen LogP contribution in [0, 0.1) is 5.41 Å². The van der Waals surface area contributed by atoms with E-state index in [0.717, 1.165) is 31.2 Å². The Morgan fingerprint density at radius 2 is 2.07 bits per heavy atom. The van der Waals surface area contributed by atoms with Crippen LogP contribution in [0.4, 0.5) is 0 Å². The topological polar surface area (TPSA) is 58.6 Å². The Hall–Kier alpha value is -2.18. The van der Waals surface area contributed by atoms with Gasteiger partial charge in [-0.05, 0) is 54.7 Å². The Morgan fingerprint density at radius 1 is 1.24 bits per heavy atom. The van der Waals surface area contributed by atoms with E-state index in [1.165, 1.54) is 10.4 Å². The second-order valence-corrected chi connectivity index (χ2v) is 9.02. The molecular weight excluding hydrogens is 384 g/mol. The van der Waals surface area contributed by atoms with Crippen molar-refractivity contribution < 1.29 is 14.3 Å². The van der Waals surface area contributed by atoms with Crippen molar-refractivity contribution in [3.05, 3.63) is 47.3 Å². The number of carbonyl (C=O) groups is 2. The van der Waals surface area contributed by atoms with Crippen LogP contribution in [0.2, 0.25) is 0 Å². The largest absolute Gasteiger partial charge is 0.368 e. The lowest BCUT2D eigenvalue weighted by Gasteiger charge is -2.42. The first-order chi connectivity index (χ1) is 14.1. The Morgan fingerprint density at radius 3 is 2.72 bits per heavy atom. The molecule has 2 aromatic rings. The first-order valence-electron chi connectivity index (χ1n) is 10.4. The van der Waals surface area contributed by atoms with Gasteiger partial charge in [0.05, 0.1) is 5.41 Å². The molecule has 2 aliphatic rings. The first-order valence-corrected chi connectivity index (χ1v) is 11.2. The van der Waals surface area contributed by atoms with Crippen molar-refractivity contribution in [1.82, 2.24) is 10.2 Å². The van der Waals surface area contributed by atoms with E-state index in [1.807, 2.05) is 4.90 Å². The molecule has 0 spiro atoms. The molecule has 0 bridgehead atoms. The van der Waals surface area contributed by atoms with Gasteiger partial charge in [-0.2, -0.15) is 0 Å². The Bertz CT molecular complexity index is 844. The summed E-state index contributed by atoms with van der Waals surface area (Å²) in [5.74, 6) is 0.0631. The van der Waals surface area contributed by atoms with E-state index in [0.29, 0.717) is 26.1 Å². The summed E-state index contributed by atoms with van der Waals surface area (Å²) in [5.41, 5.74) is 1.73. The van der Waals surface area contributed by atoms with Crippen LogP contribution in [0.3, 0.4) is 0 Å². The third kappa shape index (κ3) is 4.23. The molecule has 3 heterocycles. The molecule has 5 nitrogen and oxygen atoms in total. The lowest BCUT2D eigenvalue weighted by atomic mass is 9.74. The van der Waals surface area contributed by atoms with Crippen molar-refractivity contribution in [3.8, 4) is 10.4 Å². The highest BCUT2D eigenvalue weighted by molar-refractivity contribution is 7.13. The van der Waals surface area contributed by atoms with Gasteiger partial charge in [-0.3, -0.25) is 9.59 Å². The molecule has 0 unspecified atom stereocenters. The van der Waals surface area contributed by atoms with E-state index in [-0.39, 0.29) is 17.9 Å². The standard InChI is InChI=1S/C23H28N2O3S/c1-24-22(27)23(11-4-12-25(16-23)21(26)19-5-2-13-28-19)15-17-7-9-18(10-8-17)20-6-3-14-29-20/h3,6-10,14,19H,2,4-5,11-13,15-16H2,1H3,(H,24,27)/t19-,23+/m1/s1. The molecule has 1 aromatic carbocycles. The number of nitrogens with zero attached hydrogens (tertiary/aromatic N) is 1. The third-order valence-corrected chi connectivity index (χ3v) is 7.02. The minimum atomic E-state index is -0.592. The molecule has 1 N–H and O–H groups in total. The molecule has 2 aliphatic heterocycles. The highest BCUT2D eigenvalue weighted by Gasteiger charge is 2.44. The summed E-state index contributed by atoms with van der Waals surface area (Å²) < 4.78 is 5.60. The minimum Gasteiger partial charge on any atom is -0.368 e. The van der Waals surface area contributed by atoms with Gasteiger partial charge in [-0.25, -0.2) is 0 Å². The average molecular weight is 413 g/mol. The SMILES string of the molecule is CNC(=O)[C@]1(Cc2ccc(-c3cccs3)cc2)CCCN(C(=O)[C@H]2CCCO2)C1. The van der Waals surface area contributed by atoms with E-state index >= 15 is 0 Å². The molecule has 29 heavy (non-hydrogen) atoms. The van der Waals surface area contributed by atoms with Gasteiger partial charge in [0.15, 0.2) is 0 Å². The molecule has 154 valence electrons. The van der Waals surface area contributed by atoms with E-state index in [9.17, 15) is 9.59 Å². The molecule has 0 radical (unpaired) electrons. The summed E-state index contributed by atoms with van der Waals surface area (Å²) in [6.45, 7) is 1.81. The highest BCUT2D eigenvalue weighted by atomic mass is 32.1. The van der Waals surface area contributed by atoms with E-state index in [4.69, 9.17) is 4.74 Å². The number of hydrogen-bond donors (Lipinski definition) is 1. The zero-order chi connectivity index (χ0) is 20.3. The van der Waals surface area contributed by atoms with Crippen LogP contribution in [-0.4, -0.2) is 49.6 Å². The summed E-state index contributed by atoms with van der Waals surface area (Å²) in [4.78, 5) is 29.0. The molecule has 2 amide bonds. The number of likely N-dealkylation sites (tertiary alicyclic amines) is 1. The Kier molecular flexibility index (Phi) is 6.01. The molecule has 2 fully saturated rings. The minimum absolute atomic E-state index is 0.0182. The molecule has 1 aromatic heterocycles. The number of nitrogens with one attached hydrogen (secondary N) is 1. The van der Waals surface area contributed by atoms with Crippen molar-refractivity contribution >= 4 is 23.2 Å². The van der Waals surface area contributed by atoms with Crippen LogP contribution in [0.15, 0.2) is 41.8 Å². The summed E-state index contributed by atoms with van der Waals surface area (Å²) in [6.07, 6.45) is 3.63. The van der Waals surface area contributed by atoms with Crippen LogP contribution in [-0.2, 0) is 20.7 Å². The van der Waals surface area contributed by atoms with Crippen LogP contribution in [0.1, 0.15) is 31.2 Å². The fourth-order valence-corrected chi connectivity index (χ4v) is 5.32. The van der Waals surface area contributed by atoms with Crippen LogP contribution < -0.4 is 5.32 Å². The zero-order valence-corrected chi connectivity index (χ0v) is 17.7. The van der Waals surface area contributed by atoms with Gasteiger partial charge in [0.25, 0.3) is 5.91 Å². The maximum absolute atomic E-state index is 13.0. The van der Waals surface area contributed by atoms with E-state index in [1.54, 1.807) is 18.4 Å². The van der Waals surface area contributed by atoms with Crippen molar-refractivity contribution in [1.29, 1.82) is 0 Å². The number of thiophene rings is 1. The van der Waals surface area contributed by atoms with Gasteiger partial charge in [-0.1, -0.05) is 30.3 Å². The van der Waals surface area contributed by atoms with Gasteiger partial charge in [0.2, 0.25) is 5.91 Å². The Labute approximate surface area is 176 Å². The van der Waals surface area contributed by atoms with Crippen molar-refractivity contribution in [2.75, 3.05) is 26.7 Å². The van der Waals surface area contributed by atoms with Gasteiger partial charge >= 0.3 is 0 Å². The van der Waals surface area contributed by atoms with Crippen molar-refractivity contribution in [2.45, 2.75) is 38.2 Å². The zero-order valence-electron chi connectivity index (χ0n) is 16.9. The van der Waals surface area contributed by atoms with Crippen LogP contribution in [0.5, 0.6) is 0 Å². The highest BCUT2D eigenvalue weighted by Crippen LogP contribution is 2.36. The summed E-state index contributed by atoms with van der Waals surface area (Å²) in [5, 5.41) is 4.93. The summed E-state index contributed by atoms with van der Waals surface area (Å²) >= 11 is 1.72. The van der Waals surface area contributed by atoms with Crippen molar-refractivity contribution in [2.24, 2.45) is 5.41 Å². The summed E-state index contributed by atoms with van der Waals surface area (Å²) in [6, 6.07) is 12.6. The molecule has 2 atom stereocenters. The maximum Gasteiger partial charge on any atom is 0.251 e. The molecule has 2 saturated heterocycles. The second-order valence-electron chi connectivity index (χ2n) is 8.08. The normalized spacial score (nSPS) is 24.4. The van der Waals surface area contributed by atoms with Crippen LogP contribution in [0.25, 0.3) is 10.4 Å². The van der Waals surface area contributed by atoms with Gasteiger partial charge in [-0.15, -0.1) is 11.3 Å². The number of piperidine rings is 1. The number of benzene rings is 1. The maximum atomic E-state index is 13.0.